The number of nitrogens with zero attached hydrogens (tertiary/aromatic N) is 3. The summed E-state index contributed by atoms with van der Waals surface area (Å²) < 4.78 is 5.11. The third-order valence-electron chi connectivity index (χ3n) is 4.69. The predicted molar refractivity (Wildman–Crippen MR) is 93.9 cm³/mol. The normalized spacial score (nSPS) is 15.9. The Bertz CT molecular complexity index is 673. The summed E-state index contributed by atoms with van der Waals surface area (Å²) in [7, 11) is 0. The van der Waals surface area contributed by atoms with Gasteiger partial charge in [-0.1, -0.05) is 5.16 Å². The number of rotatable bonds is 5. The number of carbonyl (C=O) groups is 1. The molecule has 0 radical (unpaired) electrons. The molecule has 3 heterocycles. The van der Waals surface area contributed by atoms with E-state index >= 15 is 0 Å². The number of aromatic nitrogens is 2. The molecule has 0 aliphatic carbocycles. The van der Waals surface area contributed by atoms with E-state index in [9.17, 15) is 4.79 Å². The summed E-state index contributed by atoms with van der Waals surface area (Å²) in [6.45, 7) is 7.08. The van der Waals surface area contributed by atoms with E-state index in [1.165, 1.54) is 5.56 Å². The highest BCUT2D eigenvalue weighted by atomic mass is 16.5. The van der Waals surface area contributed by atoms with E-state index in [2.05, 4.69) is 25.7 Å². The molecular weight excluding hydrogens is 318 g/mol. The van der Waals surface area contributed by atoms with Crippen LogP contribution in [0.15, 0.2) is 29.0 Å². The molecule has 0 unspecified atom stereocenters. The molecular formula is C18H25N5O2. The number of hydrogen-bond acceptors (Lipinski definition) is 5. The van der Waals surface area contributed by atoms with Crippen molar-refractivity contribution < 1.29 is 9.32 Å². The van der Waals surface area contributed by atoms with Gasteiger partial charge in [0.05, 0.1) is 5.69 Å². The third-order valence-corrected chi connectivity index (χ3v) is 4.69. The zero-order valence-electron chi connectivity index (χ0n) is 14.8. The van der Waals surface area contributed by atoms with Gasteiger partial charge < -0.3 is 15.2 Å². The first-order chi connectivity index (χ1) is 12.1. The highest BCUT2D eigenvalue weighted by Gasteiger charge is 2.21. The van der Waals surface area contributed by atoms with E-state index in [1.54, 1.807) is 0 Å². The van der Waals surface area contributed by atoms with Crippen molar-refractivity contribution >= 4 is 6.03 Å². The highest BCUT2D eigenvalue weighted by molar-refractivity contribution is 5.74. The van der Waals surface area contributed by atoms with Gasteiger partial charge in [0, 0.05) is 50.2 Å². The summed E-state index contributed by atoms with van der Waals surface area (Å²) in [5, 5.41) is 9.86. The number of pyridine rings is 1. The molecule has 2 aromatic heterocycles. The number of urea groups is 1. The van der Waals surface area contributed by atoms with Crippen LogP contribution in [-0.2, 0) is 13.1 Å². The van der Waals surface area contributed by atoms with E-state index in [4.69, 9.17) is 4.52 Å². The maximum Gasteiger partial charge on any atom is 0.315 e. The molecule has 2 N–H and O–H groups in total. The summed E-state index contributed by atoms with van der Waals surface area (Å²) >= 11 is 0. The number of carbonyl (C=O) groups excluding carboxylic acids is 1. The van der Waals surface area contributed by atoms with E-state index in [0.717, 1.165) is 49.5 Å². The van der Waals surface area contributed by atoms with Gasteiger partial charge in [0.1, 0.15) is 5.76 Å². The van der Waals surface area contributed by atoms with Crippen molar-refractivity contribution in [3.05, 3.63) is 47.1 Å². The summed E-state index contributed by atoms with van der Waals surface area (Å²) in [6, 6.07) is 4.19. The van der Waals surface area contributed by atoms with E-state index in [1.807, 2.05) is 38.4 Å². The number of nitrogens with one attached hydrogen (secondary N) is 2. The molecule has 2 amide bonds. The van der Waals surface area contributed by atoms with E-state index in [-0.39, 0.29) is 12.1 Å². The summed E-state index contributed by atoms with van der Waals surface area (Å²) in [6.07, 6.45) is 5.58. The van der Waals surface area contributed by atoms with Gasteiger partial charge in [-0.25, -0.2) is 4.79 Å². The molecule has 134 valence electrons. The summed E-state index contributed by atoms with van der Waals surface area (Å²) in [4.78, 5) is 18.6. The molecule has 0 atom stereocenters. The molecule has 0 spiro atoms. The molecule has 3 rings (SSSR count). The van der Waals surface area contributed by atoms with Crippen molar-refractivity contribution in [2.45, 2.75) is 45.8 Å². The molecule has 1 fully saturated rings. The average molecular weight is 343 g/mol. The number of aryl methyl sites for hydroxylation is 2. The highest BCUT2D eigenvalue weighted by Crippen LogP contribution is 2.14. The van der Waals surface area contributed by atoms with Crippen LogP contribution in [0.5, 0.6) is 0 Å². The van der Waals surface area contributed by atoms with Crippen LogP contribution in [0.4, 0.5) is 4.79 Å². The quantitative estimate of drug-likeness (QED) is 0.869. The standard InChI is InChI=1S/C18H25N5O2/c1-13-17(14(2)25-22-13)11-20-18(24)21-16-5-9-23(10-6-16)12-15-3-7-19-8-4-15/h3-4,7-8,16H,5-6,9-12H2,1-2H3,(H2,20,21,24). The van der Waals surface area contributed by atoms with Crippen LogP contribution in [0.25, 0.3) is 0 Å². The lowest BCUT2D eigenvalue weighted by molar-refractivity contribution is 0.186. The maximum absolute atomic E-state index is 12.1. The monoisotopic (exact) mass is 343 g/mol. The summed E-state index contributed by atoms with van der Waals surface area (Å²) in [5.74, 6) is 0.752. The molecule has 25 heavy (non-hydrogen) atoms. The van der Waals surface area contributed by atoms with Gasteiger partial charge in [0.15, 0.2) is 0 Å². The van der Waals surface area contributed by atoms with Crippen molar-refractivity contribution in [1.29, 1.82) is 0 Å². The second-order valence-corrected chi connectivity index (χ2v) is 6.54. The molecule has 2 aromatic rings. The Morgan fingerprint density at radius 3 is 2.64 bits per heavy atom. The Morgan fingerprint density at radius 1 is 1.28 bits per heavy atom. The number of likely N-dealkylation sites (tertiary alicyclic amines) is 1. The van der Waals surface area contributed by atoms with Crippen LogP contribution < -0.4 is 10.6 Å². The summed E-state index contributed by atoms with van der Waals surface area (Å²) in [5.41, 5.74) is 3.04. The van der Waals surface area contributed by atoms with Crippen molar-refractivity contribution in [2.75, 3.05) is 13.1 Å². The minimum atomic E-state index is -0.132. The zero-order valence-corrected chi connectivity index (χ0v) is 14.8. The Labute approximate surface area is 147 Å². The number of hydrogen-bond donors (Lipinski definition) is 2. The predicted octanol–water partition coefficient (Wildman–Crippen LogP) is 2.15. The fraction of sp³-hybridized carbons (Fsp3) is 0.500. The molecule has 7 nitrogen and oxygen atoms in total. The van der Waals surface area contributed by atoms with Gasteiger partial charge in [-0.15, -0.1) is 0 Å². The lowest BCUT2D eigenvalue weighted by Gasteiger charge is -2.32. The van der Waals surface area contributed by atoms with Crippen molar-refractivity contribution in [3.63, 3.8) is 0 Å². The van der Waals surface area contributed by atoms with Gasteiger partial charge in [-0.3, -0.25) is 9.88 Å². The SMILES string of the molecule is Cc1noc(C)c1CNC(=O)NC1CCN(Cc2ccncc2)CC1. The minimum Gasteiger partial charge on any atom is -0.361 e. The van der Waals surface area contributed by atoms with Crippen LogP contribution >= 0.6 is 0 Å². The largest absolute Gasteiger partial charge is 0.361 e. The minimum absolute atomic E-state index is 0.132. The molecule has 1 aliphatic rings. The fourth-order valence-electron chi connectivity index (χ4n) is 3.14. The fourth-order valence-corrected chi connectivity index (χ4v) is 3.14. The van der Waals surface area contributed by atoms with E-state index < -0.39 is 0 Å². The van der Waals surface area contributed by atoms with Crippen LogP contribution in [0.1, 0.15) is 35.4 Å². The molecule has 0 aromatic carbocycles. The number of piperidine rings is 1. The molecule has 7 heteroatoms. The van der Waals surface area contributed by atoms with Gasteiger partial charge in [-0.2, -0.15) is 0 Å². The van der Waals surface area contributed by atoms with Gasteiger partial charge in [0.2, 0.25) is 0 Å². The smallest absolute Gasteiger partial charge is 0.315 e. The number of amides is 2. The van der Waals surface area contributed by atoms with E-state index in [0.29, 0.717) is 6.54 Å². The second-order valence-electron chi connectivity index (χ2n) is 6.54. The lowest BCUT2D eigenvalue weighted by atomic mass is 10.0. The Balaban J connectivity index is 1.39. The first-order valence-corrected chi connectivity index (χ1v) is 8.69. The molecule has 1 saturated heterocycles. The molecule has 0 bridgehead atoms. The van der Waals surface area contributed by atoms with Gasteiger partial charge in [-0.05, 0) is 44.4 Å². The van der Waals surface area contributed by atoms with Crippen LogP contribution in [0.3, 0.4) is 0 Å². The first kappa shape index (κ1) is 17.4. The van der Waals surface area contributed by atoms with Gasteiger partial charge >= 0.3 is 6.03 Å². The van der Waals surface area contributed by atoms with Crippen molar-refractivity contribution in [1.82, 2.24) is 25.7 Å². The Morgan fingerprint density at radius 2 is 2.00 bits per heavy atom. The second kappa shape index (κ2) is 8.11. The average Bonchev–Trinajstić information content (AvgIpc) is 2.94. The third kappa shape index (κ3) is 4.79. The lowest BCUT2D eigenvalue weighted by Crippen LogP contribution is -2.47. The van der Waals surface area contributed by atoms with Crippen LogP contribution in [-0.4, -0.2) is 40.2 Å². The van der Waals surface area contributed by atoms with Crippen molar-refractivity contribution in [2.24, 2.45) is 0 Å². The van der Waals surface area contributed by atoms with Crippen LogP contribution in [0.2, 0.25) is 0 Å². The first-order valence-electron chi connectivity index (χ1n) is 8.69. The topological polar surface area (TPSA) is 83.3 Å². The zero-order chi connectivity index (χ0) is 17.6. The molecule has 0 saturated carbocycles. The van der Waals surface area contributed by atoms with Crippen molar-refractivity contribution in [3.8, 4) is 0 Å². The van der Waals surface area contributed by atoms with Gasteiger partial charge in [0.25, 0.3) is 0 Å². The Kier molecular flexibility index (Phi) is 5.65. The van der Waals surface area contributed by atoms with Crippen LogP contribution in [0, 0.1) is 13.8 Å². The maximum atomic E-state index is 12.1. The molecule has 1 aliphatic heterocycles. The Hall–Kier alpha value is -2.41.